The summed E-state index contributed by atoms with van der Waals surface area (Å²) in [5.74, 6) is -0.664. The van der Waals surface area contributed by atoms with E-state index in [4.69, 9.17) is 10.8 Å². The minimum atomic E-state index is -1.21. The van der Waals surface area contributed by atoms with E-state index in [1.54, 1.807) is 18.2 Å². The fourth-order valence-corrected chi connectivity index (χ4v) is 1.60. The Balaban J connectivity index is 2.76. The molecule has 0 aliphatic carbocycles. The molecule has 1 aromatic carbocycles. The van der Waals surface area contributed by atoms with Gasteiger partial charge in [0.05, 0.1) is 12.5 Å². The molecule has 2 unspecified atom stereocenters. The molecule has 17 heavy (non-hydrogen) atoms. The summed E-state index contributed by atoms with van der Waals surface area (Å²) in [6.07, 6.45) is -2.17. The van der Waals surface area contributed by atoms with E-state index in [1.807, 2.05) is 6.07 Å². The Morgan fingerprint density at radius 3 is 2.65 bits per heavy atom. The summed E-state index contributed by atoms with van der Waals surface area (Å²) in [4.78, 5) is 10.6. The van der Waals surface area contributed by atoms with Crippen LogP contribution in [0.2, 0.25) is 0 Å². The number of rotatable bonds is 6. The standard InChI is InChI=1S/C12H17NO4/c13-11(16)7-10(15)12(17)9-3-1-2-8(6-9)4-5-14/h1-3,6,10,12,14-15,17H,4-5,7H2,(H2,13,16). The zero-order chi connectivity index (χ0) is 12.8. The summed E-state index contributed by atoms with van der Waals surface area (Å²) < 4.78 is 0. The highest BCUT2D eigenvalue weighted by Crippen LogP contribution is 2.20. The highest BCUT2D eigenvalue weighted by Gasteiger charge is 2.20. The minimum absolute atomic E-state index is 0.0173. The van der Waals surface area contributed by atoms with Crippen molar-refractivity contribution < 1.29 is 20.1 Å². The minimum Gasteiger partial charge on any atom is -0.396 e. The number of hydrogen-bond acceptors (Lipinski definition) is 4. The van der Waals surface area contributed by atoms with Gasteiger partial charge in [-0.25, -0.2) is 0 Å². The lowest BCUT2D eigenvalue weighted by Gasteiger charge is -2.17. The van der Waals surface area contributed by atoms with E-state index in [0.29, 0.717) is 12.0 Å². The van der Waals surface area contributed by atoms with Crippen molar-refractivity contribution in [3.63, 3.8) is 0 Å². The second-order valence-electron chi connectivity index (χ2n) is 3.90. The average molecular weight is 239 g/mol. The van der Waals surface area contributed by atoms with E-state index in [1.165, 1.54) is 0 Å². The topological polar surface area (TPSA) is 104 Å². The fourth-order valence-electron chi connectivity index (χ4n) is 1.60. The second-order valence-corrected chi connectivity index (χ2v) is 3.90. The lowest BCUT2D eigenvalue weighted by molar-refractivity contribution is -0.121. The van der Waals surface area contributed by atoms with E-state index in [0.717, 1.165) is 5.56 Å². The molecule has 1 rings (SSSR count). The van der Waals surface area contributed by atoms with Gasteiger partial charge in [0.25, 0.3) is 0 Å². The molecular weight excluding hydrogens is 222 g/mol. The van der Waals surface area contributed by atoms with Crippen LogP contribution in [0.4, 0.5) is 0 Å². The summed E-state index contributed by atoms with van der Waals surface area (Å²) in [5.41, 5.74) is 6.30. The normalized spacial score (nSPS) is 14.3. The van der Waals surface area contributed by atoms with Gasteiger partial charge in [-0.2, -0.15) is 0 Å². The number of hydrogen-bond donors (Lipinski definition) is 4. The SMILES string of the molecule is NC(=O)CC(O)C(O)c1cccc(CCO)c1. The largest absolute Gasteiger partial charge is 0.396 e. The van der Waals surface area contributed by atoms with Crippen LogP contribution in [0.1, 0.15) is 23.7 Å². The molecule has 0 saturated carbocycles. The molecule has 1 amide bonds. The molecule has 94 valence electrons. The average Bonchev–Trinajstić information content (AvgIpc) is 2.28. The first-order chi connectivity index (χ1) is 8.04. The number of nitrogens with two attached hydrogens (primary N) is 1. The van der Waals surface area contributed by atoms with Crippen LogP contribution in [-0.2, 0) is 11.2 Å². The van der Waals surface area contributed by atoms with Gasteiger partial charge >= 0.3 is 0 Å². The van der Waals surface area contributed by atoms with Crippen LogP contribution in [0.5, 0.6) is 0 Å². The van der Waals surface area contributed by atoms with Crippen LogP contribution in [-0.4, -0.2) is 33.9 Å². The molecule has 0 aromatic heterocycles. The first kappa shape index (κ1) is 13.6. The van der Waals surface area contributed by atoms with Crippen LogP contribution in [0.15, 0.2) is 24.3 Å². The molecule has 1 aromatic rings. The van der Waals surface area contributed by atoms with Gasteiger partial charge in [0.1, 0.15) is 6.10 Å². The van der Waals surface area contributed by atoms with Gasteiger partial charge in [-0.3, -0.25) is 4.79 Å². The molecule has 0 aliphatic rings. The number of primary amides is 1. The lowest BCUT2D eigenvalue weighted by atomic mass is 9.99. The van der Waals surface area contributed by atoms with Crippen molar-refractivity contribution in [3.05, 3.63) is 35.4 Å². The van der Waals surface area contributed by atoms with Gasteiger partial charge in [-0.15, -0.1) is 0 Å². The molecule has 0 heterocycles. The van der Waals surface area contributed by atoms with Gasteiger partial charge in [0.2, 0.25) is 5.91 Å². The molecule has 0 saturated heterocycles. The van der Waals surface area contributed by atoms with E-state index in [-0.39, 0.29) is 13.0 Å². The molecule has 0 aliphatic heterocycles. The first-order valence-corrected chi connectivity index (χ1v) is 5.38. The van der Waals surface area contributed by atoms with Gasteiger partial charge in [0.15, 0.2) is 0 Å². The second kappa shape index (κ2) is 6.34. The lowest BCUT2D eigenvalue weighted by Crippen LogP contribution is -2.25. The van der Waals surface area contributed by atoms with Crippen molar-refractivity contribution >= 4 is 5.91 Å². The third-order valence-electron chi connectivity index (χ3n) is 2.47. The van der Waals surface area contributed by atoms with Crippen molar-refractivity contribution in [1.29, 1.82) is 0 Å². The molecule has 0 bridgehead atoms. The number of aliphatic hydroxyl groups is 3. The third-order valence-corrected chi connectivity index (χ3v) is 2.47. The Hall–Kier alpha value is -1.43. The maximum Gasteiger partial charge on any atom is 0.220 e. The number of benzene rings is 1. The van der Waals surface area contributed by atoms with Gasteiger partial charge < -0.3 is 21.1 Å². The highest BCUT2D eigenvalue weighted by molar-refractivity contribution is 5.74. The predicted molar refractivity (Wildman–Crippen MR) is 62.0 cm³/mol. The Bertz CT molecular complexity index is 381. The quantitative estimate of drug-likeness (QED) is 0.536. The number of aliphatic hydroxyl groups excluding tert-OH is 3. The summed E-state index contributed by atoms with van der Waals surface area (Å²) in [6, 6.07) is 6.87. The van der Waals surface area contributed by atoms with Gasteiger partial charge in [0, 0.05) is 6.61 Å². The molecule has 2 atom stereocenters. The molecule has 0 radical (unpaired) electrons. The van der Waals surface area contributed by atoms with Crippen LogP contribution in [0.25, 0.3) is 0 Å². The molecule has 0 spiro atoms. The number of carbonyl (C=O) groups excluding carboxylic acids is 1. The predicted octanol–water partition coefficient (Wildman–Crippen LogP) is -0.509. The van der Waals surface area contributed by atoms with Gasteiger partial charge in [-0.05, 0) is 17.5 Å². The highest BCUT2D eigenvalue weighted by atomic mass is 16.3. The summed E-state index contributed by atoms with van der Waals surface area (Å²) in [6.45, 7) is 0.0173. The van der Waals surface area contributed by atoms with E-state index in [9.17, 15) is 15.0 Å². The smallest absolute Gasteiger partial charge is 0.220 e. The van der Waals surface area contributed by atoms with E-state index in [2.05, 4.69) is 0 Å². The molecule has 0 fully saturated rings. The van der Waals surface area contributed by atoms with Crippen molar-refractivity contribution in [2.75, 3.05) is 6.61 Å². The van der Waals surface area contributed by atoms with E-state index >= 15 is 0 Å². The van der Waals surface area contributed by atoms with Crippen LogP contribution >= 0.6 is 0 Å². The molecule has 5 N–H and O–H groups in total. The Kier molecular flexibility index (Phi) is 5.09. The summed E-state index contributed by atoms with van der Waals surface area (Å²) in [5, 5.41) is 28.2. The molecule has 5 heteroatoms. The van der Waals surface area contributed by atoms with Crippen LogP contribution < -0.4 is 5.73 Å². The van der Waals surface area contributed by atoms with E-state index < -0.39 is 18.1 Å². The Labute approximate surface area is 99.5 Å². The van der Waals surface area contributed by atoms with Crippen molar-refractivity contribution in [2.45, 2.75) is 25.0 Å². The summed E-state index contributed by atoms with van der Waals surface area (Å²) in [7, 11) is 0. The monoisotopic (exact) mass is 239 g/mol. The first-order valence-electron chi connectivity index (χ1n) is 5.38. The molecular formula is C12H17NO4. The van der Waals surface area contributed by atoms with Crippen LogP contribution in [0, 0.1) is 0 Å². The number of amides is 1. The van der Waals surface area contributed by atoms with Crippen molar-refractivity contribution in [1.82, 2.24) is 0 Å². The Morgan fingerprint density at radius 2 is 2.06 bits per heavy atom. The maximum atomic E-state index is 10.6. The maximum absolute atomic E-state index is 10.6. The fraction of sp³-hybridized carbons (Fsp3) is 0.417. The van der Waals surface area contributed by atoms with Gasteiger partial charge in [-0.1, -0.05) is 24.3 Å². The molecule has 5 nitrogen and oxygen atoms in total. The van der Waals surface area contributed by atoms with Crippen molar-refractivity contribution in [3.8, 4) is 0 Å². The zero-order valence-corrected chi connectivity index (χ0v) is 9.41. The third kappa shape index (κ3) is 4.14. The van der Waals surface area contributed by atoms with Crippen LogP contribution in [0.3, 0.4) is 0 Å². The summed E-state index contributed by atoms with van der Waals surface area (Å²) >= 11 is 0. The Morgan fingerprint density at radius 1 is 1.35 bits per heavy atom. The zero-order valence-electron chi connectivity index (χ0n) is 9.41. The number of carbonyl (C=O) groups is 1. The van der Waals surface area contributed by atoms with Crippen molar-refractivity contribution in [2.24, 2.45) is 5.73 Å².